The maximum atomic E-state index is 5.96. The highest BCUT2D eigenvalue weighted by Gasteiger charge is 2.23. The number of halogens is 1. The molecule has 1 aliphatic rings. The highest BCUT2D eigenvalue weighted by atomic mass is 79.9. The summed E-state index contributed by atoms with van der Waals surface area (Å²) >= 11 is 5.43. The van der Waals surface area contributed by atoms with Crippen LogP contribution >= 0.6 is 27.7 Å². The topological polar surface area (TPSA) is 18.5 Å². The van der Waals surface area contributed by atoms with Crippen LogP contribution in [0.2, 0.25) is 0 Å². The van der Waals surface area contributed by atoms with Gasteiger partial charge in [-0.15, -0.1) is 11.8 Å². The Morgan fingerprint density at radius 1 is 1.25 bits per heavy atom. The first-order chi connectivity index (χ1) is 9.78. The largest absolute Gasteiger partial charge is 0.497 e. The van der Waals surface area contributed by atoms with Gasteiger partial charge in [0, 0.05) is 16.6 Å². The molecule has 1 atom stereocenters. The molecule has 104 valence electrons. The molecule has 0 fully saturated rings. The lowest BCUT2D eigenvalue weighted by atomic mass is 10.0. The van der Waals surface area contributed by atoms with Gasteiger partial charge in [-0.1, -0.05) is 18.2 Å². The first-order valence-corrected chi connectivity index (χ1v) is 8.24. The van der Waals surface area contributed by atoms with E-state index >= 15 is 0 Å². The van der Waals surface area contributed by atoms with Crippen LogP contribution in [0.15, 0.2) is 51.8 Å². The molecule has 1 aliphatic heterocycles. The lowest BCUT2D eigenvalue weighted by molar-refractivity contribution is 0.295. The van der Waals surface area contributed by atoms with Crippen molar-refractivity contribution in [3.8, 4) is 11.5 Å². The second-order valence-corrected chi connectivity index (χ2v) is 6.57. The summed E-state index contributed by atoms with van der Waals surface area (Å²) in [6.07, 6.45) is 0. The molecule has 0 spiro atoms. The van der Waals surface area contributed by atoms with Gasteiger partial charge >= 0.3 is 0 Å². The smallest absolute Gasteiger partial charge is 0.133 e. The fourth-order valence-corrected chi connectivity index (χ4v) is 3.99. The Hall–Kier alpha value is -1.13. The number of benzene rings is 2. The number of fused-ring (bicyclic) bond motifs is 1. The minimum atomic E-state index is 0.463. The van der Waals surface area contributed by atoms with Gasteiger partial charge in [0.1, 0.15) is 11.5 Å². The van der Waals surface area contributed by atoms with Crippen molar-refractivity contribution >= 4 is 27.7 Å². The maximum Gasteiger partial charge on any atom is 0.133 e. The number of rotatable bonds is 4. The molecule has 1 heterocycles. The van der Waals surface area contributed by atoms with Crippen molar-refractivity contribution in [3.05, 3.63) is 52.5 Å². The van der Waals surface area contributed by atoms with Crippen LogP contribution in [0.3, 0.4) is 0 Å². The Morgan fingerprint density at radius 2 is 2.10 bits per heavy atom. The summed E-state index contributed by atoms with van der Waals surface area (Å²) in [7, 11) is 1.66. The van der Waals surface area contributed by atoms with E-state index < -0.39 is 0 Å². The Balaban J connectivity index is 1.69. The number of ether oxygens (including phenoxy) is 2. The highest BCUT2D eigenvalue weighted by Crippen LogP contribution is 2.40. The van der Waals surface area contributed by atoms with Gasteiger partial charge in [0.25, 0.3) is 0 Å². The quantitative estimate of drug-likeness (QED) is 0.794. The second-order valence-electron chi connectivity index (χ2n) is 4.65. The van der Waals surface area contributed by atoms with Crippen molar-refractivity contribution in [1.29, 1.82) is 0 Å². The van der Waals surface area contributed by atoms with E-state index in [1.165, 1.54) is 10.5 Å². The molecule has 3 rings (SSSR count). The zero-order chi connectivity index (χ0) is 13.9. The van der Waals surface area contributed by atoms with Gasteiger partial charge in [0.2, 0.25) is 0 Å². The van der Waals surface area contributed by atoms with E-state index in [0.717, 1.165) is 21.7 Å². The van der Waals surface area contributed by atoms with Crippen LogP contribution in [0.25, 0.3) is 0 Å². The van der Waals surface area contributed by atoms with Crippen molar-refractivity contribution in [1.82, 2.24) is 0 Å². The third-order valence-electron chi connectivity index (χ3n) is 3.38. The minimum absolute atomic E-state index is 0.463. The van der Waals surface area contributed by atoms with E-state index in [2.05, 4.69) is 40.2 Å². The molecule has 0 aliphatic carbocycles. The van der Waals surface area contributed by atoms with Crippen molar-refractivity contribution in [2.24, 2.45) is 0 Å². The van der Waals surface area contributed by atoms with Crippen molar-refractivity contribution in [3.63, 3.8) is 0 Å². The molecule has 0 radical (unpaired) electrons. The van der Waals surface area contributed by atoms with E-state index in [-0.39, 0.29) is 0 Å². The maximum absolute atomic E-state index is 5.96. The molecule has 2 aromatic rings. The normalized spacial score (nSPS) is 16.8. The van der Waals surface area contributed by atoms with Crippen LogP contribution < -0.4 is 9.47 Å². The molecular weight excluding hydrogens is 336 g/mol. The molecule has 1 unspecified atom stereocenters. The third kappa shape index (κ3) is 2.81. The highest BCUT2D eigenvalue weighted by molar-refractivity contribution is 9.10. The molecule has 0 amide bonds. The van der Waals surface area contributed by atoms with E-state index in [1.54, 1.807) is 7.11 Å². The predicted octanol–water partition coefficient (Wildman–Crippen LogP) is 4.73. The van der Waals surface area contributed by atoms with Gasteiger partial charge in [-0.3, -0.25) is 0 Å². The average molecular weight is 351 g/mol. The fraction of sp³-hybridized carbons (Fsp3) is 0.250. The van der Waals surface area contributed by atoms with Crippen molar-refractivity contribution < 1.29 is 9.47 Å². The first kappa shape index (κ1) is 13.8. The molecule has 0 saturated carbocycles. The predicted molar refractivity (Wildman–Crippen MR) is 86.1 cm³/mol. The number of hydrogen-bond acceptors (Lipinski definition) is 3. The molecule has 2 aromatic carbocycles. The van der Waals surface area contributed by atoms with Crippen LogP contribution in [0, 0.1) is 0 Å². The lowest BCUT2D eigenvalue weighted by Crippen LogP contribution is -2.10. The van der Waals surface area contributed by atoms with Crippen molar-refractivity contribution in [2.45, 2.75) is 10.8 Å². The summed E-state index contributed by atoms with van der Waals surface area (Å²) in [4.78, 5) is 1.38. The van der Waals surface area contributed by atoms with E-state index in [4.69, 9.17) is 9.47 Å². The SMILES string of the molecule is COc1ccc(OCC2CSc3ccccc32)c(Br)c1. The minimum Gasteiger partial charge on any atom is -0.497 e. The summed E-state index contributed by atoms with van der Waals surface area (Å²) in [5.41, 5.74) is 1.40. The first-order valence-electron chi connectivity index (χ1n) is 6.46. The van der Waals surface area contributed by atoms with E-state index in [1.807, 2.05) is 30.0 Å². The summed E-state index contributed by atoms with van der Waals surface area (Å²) in [5, 5.41) is 0. The van der Waals surface area contributed by atoms with Gasteiger partial charge in [-0.05, 0) is 45.8 Å². The Labute approximate surface area is 131 Å². The van der Waals surface area contributed by atoms with Gasteiger partial charge in [-0.25, -0.2) is 0 Å². The zero-order valence-corrected chi connectivity index (χ0v) is 13.5. The molecule has 2 nitrogen and oxygen atoms in total. The number of hydrogen-bond donors (Lipinski definition) is 0. The molecule has 0 saturated heterocycles. The van der Waals surface area contributed by atoms with Crippen LogP contribution in [-0.2, 0) is 0 Å². The van der Waals surface area contributed by atoms with Gasteiger partial charge in [-0.2, -0.15) is 0 Å². The van der Waals surface area contributed by atoms with Crippen molar-refractivity contribution in [2.75, 3.05) is 19.5 Å². The molecule has 0 bridgehead atoms. The standard InChI is InChI=1S/C16H15BrO2S/c1-18-12-6-7-15(14(17)8-12)19-9-11-10-20-16-5-3-2-4-13(11)16/h2-8,11H,9-10H2,1H3. The summed E-state index contributed by atoms with van der Waals surface area (Å²) in [6, 6.07) is 14.4. The summed E-state index contributed by atoms with van der Waals surface area (Å²) in [6.45, 7) is 0.703. The monoisotopic (exact) mass is 350 g/mol. The van der Waals surface area contributed by atoms with Crippen LogP contribution in [0.5, 0.6) is 11.5 Å². The average Bonchev–Trinajstić information content (AvgIpc) is 2.89. The van der Waals surface area contributed by atoms with Crippen LogP contribution in [0.1, 0.15) is 11.5 Å². The lowest BCUT2D eigenvalue weighted by Gasteiger charge is -2.14. The molecule has 0 N–H and O–H groups in total. The summed E-state index contributed by atoms with van der Waals surface area (Å²) < 4.78 is 12.1. The Bertz CT molecular complexity index is 615. The van der Waals surface area contributed by atoms with Crippen LogP contribution in [0.4, 0.5) is 0 Å². The molecule has 4 heteroatoms. The fourth-order valence-electron chi connectivity index (χ4n) is 2.28. The van der Waals surface area contributed by atoms with E-state index in [9.17, 15) is 0 Å². The molecule has 20 heavy (non-hydrogen) atoms. The Kier molecular flexibility index (Phi) is 4.22. The second kappa shape index (κ2) is 6.10. The zero-order valence-electron chi connectivity index (χ0n) is 11.1. The van der Waals surface area contributed by atoms with Gasteiger partial charge in [0.05, 0.1) is 18.2 Å². The number of thioether (sulfide) groups is 1. The van der Waals surface area contributed by atoms with E-state index in [0.29, 0.717) is 12.5 Å². The molecule has 0 aromatic heterocycles. The number of methoxy groups -OCH3 is 1. The Morgan fingerprint density at radius 3 is 2.90 bits per heavy atom. The van der Waals surface area contributed by atoms with Gasteiger partial charge < -0.3 is 9.47 Å². The van der Waals surface area contributed by atoms with Gasteiger partial charge in [0.15, 0.2) is 0 Å². The third-order valence-corrected chi connectivity index (χ3v) is 5.25. The molecular formula is C16H15BrO2S. The van der Waals surface area contributed by atoms with Crippen LogP contribution in [-0.4, -0.2) is 19.5 Å². The summed E-state index contributed by atoms with van der Waals surface area (Å²) in [5.74, 6) is 3.24.